The van der Waals surface area contributed by atoms with Crippen LogP contribution in [0.3, 0.4) is 0 Å². The van der Waals surface area contributed by atoms with Crippen molar-refractivity contribution in [3.05, 3.63) is 27.7 Å². The van der Waals surface area contributed by atoms with E-state index in [1.54, 1.807) is 17.8 Å². The van der Waals surface area contributed by atoms with Crippen LogP contribution in [0.5, 0.6) is 0 Å². The van der Waals surface area contributed by atoms with Gasteiger partial charge in [-0.1, -0.05) is 11.6 Å². The summed E-state index contributed by atoms with van der Waals surface area (Å²) >= 11 is 11.0. The molecule has 1 amide bonds. The van der Waals surface area contributed by atoms with Crippen LogP contribution in [0.2, 0.25) is 5.02 Å². The third-order valence-corrected chi connectivity index (χ3v) is 4.36. The van der Waals surface area contributed by atoms with E-state index >= 15 is 0 Å². The molecular formula is C12H16BrClN2OS. The number of primary amides is 1. The summed E-state index contributed by atoms with van der Waals surface area (Å²) in [6.07, 6.45) is 3.73. The van der Waals surface area contributed by atoms with Crippen LogP contribution in [0.4, 0.5) is 5.69 Å². The van der Waals surface area contributed by atoms with E-state index in [0.717, 1.165) is 28.8 Å². The molecule has 18 heavy (non-hydrogen) atoms. The predicted molar refractivity (Wildman–Crippen MR) is 83.4 cm³/mol. The molecule has 0 saturated carbocycles. The maximum Gasteiger partial charge on any atom is 0.239 e. The van der Waals surface area contributed by atoms with E-state index < -0.39 is 0 Å². The molecule has 6 heteroatoms. The number of hydrogen-bond acceptors (Lipinski definition) is 3. The van der Waals surface area contributed by atoms with Gasteiger partial charge in [0.2, 0.25) is 5.91 Å². The number of anilines is 1. The quantitative estimate of drug-likeness (QED) is 0.739. The van der Waals surface area contributed by atoms with E-state index in [-0.39, 0.29) is 11.9 Å². The lowest BCUT2D eigenvalue weighted by molar-refractivity contribution is -0.118. The van der Waals surface area contributed by atoms with Crippen molar-refractivity contribution in [2.75, 3.05) is 17.3 Å². The minimum absolute atomic E-state index is 0.331. The molecular weight excluding hydrogens is 336 g/mol. The fraction of sp³-hybridized carbons (Fsp3) is 0.417. The van der Waals surface area contributed by atoms with Crippen LogP contribution in [0.15, 0.2) is 22.7 Å². The summed E-state index contributed by atoms with van der Waals surface area (Å²) in [6.45, 7) is 0. The Bertz CT molecular complexity index is 417. The fourth-order valence-electron chi connectivity index (χ4n) is 1.50. The number of halogens is 2. The van der Waals surface area contributed by atoms with Gasteiger partial charge in [0.15, 0.2) is 0 Å². The minimum atomic E-state index is -0.342. The topological polar surface area (TPSA) is 55.1 Å². The highest BCUT2D eigenvalue weighted by molar-refractivity contribution is 9.10. The second kappa shape index (κ2) is 7.92. The van der Waals surface area contributed by atoms with Crippen LogP contribution in [0.1, 0.15) is 12.8 Å². The summed E-state index contributed by atoms with van der Waals surface area (Å²) in [5.41, 5.74) is 6.22. The van der Waals surface area contributed by atoms with Crippen LogP contribution in [-0.4, -0.2) is 24.0 Å². The molecule has 3 nitrogen and oxygen atoms in total. The molecule has 0 bridgehead atoms. The summed E-state index contributed by atoms with van der Waals surface area (Å²) in [5.74, 6) is 0.692. The van der Waals surface area contributed by atoms with Crippen molar-refractivity contribution in [1.29, 1.82) is 0 Å². The molecule has 1 aromatic carbocycles. The van der Waals surface area contributed by atoms with Gasteiger partial charge in [-0.3, -0.25) is 4.79 Å². The maximum atomic E-state index is 11.4. The molecule has 1 unspecified atom stereocenters. The maximum absolute atomic E-state index is 11.4. The number of nitrogens with one attached hydrogen (secondary N) is 1. The molecule has 0 aliphatic heterocycles. The van der Waals surface area contributed by atoms with Gasteiger partial charge in [0.1, 0.15) is 6.04 Å². The van der Waals surface area contributed by atoms with Crippen LogP contribution >= 0.6 is 39.3 Å². The molecule has 0 aromatic heterocycles. The lowest BCUT2D eigenvalue weighted by Gasteiger charge is -2.16. The Morgan fingerprint density at radius 3 is 2.89 bits per heavy atom. The molecule has 0 fully saturated rings. The Morgan fingerprint density at radius 2 is 2.33 bits per heavy atom. The molecule has 1 aromatic rings. The summed E-state index contributed by atoms with van der Waals surface area (Å²) in [5, 5.41) is 3.77. The zero-order valence-electron chi connectivity index (χ0n) is 10.1. The highest BCUT2D eigenvalue weighted by Gasteiger charge is 2.14. The average molecular weight is 352 g/mol. The Balaban J connectivity index is 2.64. The van der Waals surface area contributed by atoms with E-state index in [1.807, 2.05) is 18.4 Å². The summed E-state index contributed by atoms with van der Waals surface area (Å²) < 4.78 is 0.793. The summed E-state index contributed by atoms with van der Waals surface area (Å²) in [6, 6.07) is 5.10. The van der Waals surface area contributed by atoms with Gasteiger partial charge in [0, 0.05) is 10.2 Å². The Morgan fingerprint density at radius 1 is 1.61 bits per heavy atom. The van der Waals surface area contributed by atoms with Gasteiger partial charge >= 0.3 is 0 Å². The lowest BCUT2D eigenvalue weighted by Crippen LogP contribution is -2.35. The van der Waals surface area contributed by atoms with Gasteiger partial charge < -0.3 is 11.1 Å². The Kier molecular flexibility index (Phi) is 6.89. The van der Waals surface area contributed by atoms with Crippen molar-refractivity contribution in [3.8, 4) is 0 Å². The molecule has 1 rings (SSSR count). The zero-order valence-corrected chi connectivity index (χ0v) is 13.2. The highest BCUT2D eigenvalue weighted by atomic mass is 79.9. The van der Waals surface area contributed by atoms with Crippen molar-refractivity contribution in [2.45, 2.75) is 18.9 Å². The Hall–Kier alpha value is -0.390. The highest BCUT2D eigenvalue weighted by Crippen LogP contribution is 2.26. The van der Waals surface area contributed by atoms with Crippen LogP contribution in [0.25, 0.3) is 0 Å². The second-order valence-electron chi connectivity index (χ2n) is 3.86. The number of carbonyl (C=O) groups excluding carboxylic acids is 1. The first-order valence-corrected chi connectivity index (χ1v) is 8.11. The number of hydrogen-bond donors (Lipinski definition) is 2. The monoisotopic (exact) mass is 350 g/mol. The lowest BCUT2D eigenvalue weighted by atomic mass is 10.1. The van der Waals surface area contributed by atoms with Crippen LogP contribution in [-0.2, 0) is 4.79 Å². The van der Waals surface area contributed by atoms with E-state index in [9.17, 15) is 4.79 Å². The number of amides is 1. The molecule has 0 radical (unpaired) electrons. The smallest absolute Gasteiger partial charge is 0.239 e. The first-order chi connectivity index (χ1) is 8.54. The molecule has 0 heterocycles. The number of thioether (sulfide) groups is 1. The second-order valence-corrected chi connectivity index (χ2v) is 6.11. The predicted octanol–water partition coefficient (Wildman–Crippen LogP) is 3.51. The Labute approximate surface area is 125 Å². The third-order valence-electron chi connectivity index (χ3n) is 2.45. The van der Waals surface area contributed by atoms with Crippen LogP contribution in [0, 0.1) is 0 Å². The molecule has 100 valence electrons. The van der Waals surface area contributed by atoms with Gasteiger partial charge in [0.25, 0.3) is 0 Å². The molecule has 0 aliphatic carbocycles. The average Bonchev–Trinajstić information content (AvgIpc) is 2.32. The number of benzene rings is 1. The standard InChI is InChI=1S/C12H16BrClN2OS/c1-18-6-2-3-11(12(15)17)16-8-4-5-10(14)9(13)7-8/h4-5,7,11,16H,2-3,6H2,1H3,(H2,15,17). The van der Waals surface area contributed by atoms with Gasteiger partial charge in [-0.15, -0.1) is 0 Å². The van der Waals surface area contributed by atoms with Crippen molar-refractivity contribution >= 4 is 50.9 Å². The van der Waals surface area contributed by atoms with Crippen molar-refractivity contribution in [3.63, 3.8) is 0 Å². The van der Waals surface area contributed by atoms with E-state index in [0.29, 0.717) is 5.02 Å². The van der Waals surface area contributed by atoms with Crippen molar-refractivity contribution in [2.24, 2.45) is 5.73 Å². The minimum Gasteiger partial charge on any atom is -0.374 e. The first-order valence-electron chi connectivity index (χ1n) is 5.54. The molecule has 1 atom stereocenters. The van der Waals surface area contributed by atoms with Crippen molar-refractivity contribution < 1.29 is 4.79 Å². The normalized spacial score (nSPS) is 12.2. The van der Waals surface area contributed by atoms with Gasteiger partial charge in [-0.2, -0.15) is 11.8 Å². The first kappa shape index (κ1) is 15.7. The van der Waals surface area contributed by atoms with E-state index in [2.05, 4.69) is 21.2 Å². The zero-order chi connectivity index (χ0) is 13.5. The summed E-state index contributed by atoms with van der Waals surface area (Å²) in [7, 11) is 0. The number of carbonyl (C=O) groups is 1. The van der Waals surface area contributed by atoms with Gasteiger partial charge in [-0.05, 0) is 59.0 Å². The molecule has 0 spiro atoms. The van der Waals surface area contributed by atoms with E-state index in [4.69, 9.17) is 17.3 Å². The van der Waals surface area contributed by atoms with Gasteiger partial charge in [-0.25, -0.2) is 0 Å². The molecule has 3 N–H and O–H groups in total. The number of rotatable bonds is 7. The molecule has 0 aliphatic rings. The van der Waals surface area contributed by atoms with Crippen molar-refractivity contribution in [1.82, 2.24) is 0 Å². The largest absolute Gasteiger partial charge is 0.374 e. The molecule has 0 saturated heterocycles. The third kappa shape index (κ3) is 5.08. The summed E-state index contributed by atoms with van der Waals surface area (Å²) in [4.78, 5) is 11.4. The van der Waals surface area contributed by atoms with E-state index in [1.165, 1.54) is 0 Å². The fourth-order valence-corrected chi connectivity index (χ4v) is 2.46. The van der Waals surface area contributed by atoms with Gasteiger partial charge in [0.05, 0.1) is 5.02 Å². The number of nitrogens with two attached hydrogens (primary N) is 1. The SMILES string of the molecule is CSCCCC(Nc1ccc(Cl)c(Br)c1)C(N)=O. The van der Waals surface area contributed by atoms with Crippen LogP contribution < -0.4 is 11.1 Å².